The molecule has 18 heavy (non-hydrogen) atoms. The molecule has 0 saturated carbocycles. The van der Waals surface area contributed by atoms with Gasteiger partial charge in [0.05, 0.1) is 6.54 Å². The Labute approximate surface area is 107 Å². The van der Waals surface area contributed by atoms with Gasteiger partial charge in [-0.15, -0.1) is 0 Å². The maximum absolute atomic E-state index is 12.4. The van der Waals surface area contributed by atoms with Crippen LogP contribution in [0.15, 0.2) is 29.3 Å². The Morgan fingerprint density at radius 2 is 2.28 bits per heavy atom. The number of amidine groups is 1. The Morgan fingerprint density at radius 3 is 3.06 bits per heavy atom. The van der Waals surface area contributed by atoms with Crippen LogP contribution in [0.3, 0.4) is 0 Å². The van der Waals surface area contributed by atoms with Crippen molar-refractivity contribution < 1.29 is 4.79 Å². The van der Waals surface area contributed by atoms with Crippen molar-refractivity contribution in [2.45, 2.75) is 25.8 Å². The fourth-order valence-electron chi connectivity index (χ4n) is 2.55. The fourth-order valence-corrected chi connectivity index (χ4v) is 2.55. The number of aryl methyl sites for hydroxylation is 1. The van der Waals surface area contributed by atoms with E-state index in [1.165, 1.54) is 5.56 Å². The smallest absolute Gasteiger partial charge is 0.293 e. The Hall–Kier alpha value is -1.84. The summed E-state index contributed by atoms with van der Waals surface area (Å²) < 4.78 is 0. The number of amides is 1. The third-order valence-corrected chi connectivity index (χ3v) is 3.46. The summed E-state index contributed by atoms with van der Waals surface area (Å²) in [4.78, 5) is 18.6. The number of nitrogens with one attached hydrogen (secondary N) is 1. The molecule has 2 heterocycles. The lowest BCUT2D eigenvalue weighted by molar-refractivity contribution is -0.112. The highest BCUT2D eigenvalue weighted by Crippen LogP contribution is 2.26. The minimum Gasteiger partial charge on any atom is -0.361 e. The molecule has 0 aliphatic carbocycles. The molecule has 3 rings (SSSR count). The number of fused-ring (bicyclic) bond motifs is 1. The van der Waals surface area contributed by atoms with Gasteiger partial charge in [0.25, 0.3) is 5.91 Å². The average Bonchev–Trinajstić information content (AvgIpc) is 2.84. The SMILES string of the molecule is CC1CN=C(C(=O)N2CCCc3ccccc32)N1. The van der Waals surface area contributed by atoms with E-state index in [4.69, 9.17) is 0 Å². The second-order valence-electron chi connectivity index (χ2n) is 4.92. The maximum Gasteiger partial charge on any atom is 0.293 e. The quantitative estimate of drug-likeness (QED) is 0.809. The van der Waals surface area contributed by atoms with Crippen molar-refractivity contribution in [3.8, 4) is 0 Å². The van der Waals surface area contributed by atoms with Crippen LogP contribution < -0.4 is 10.2 Å². The van der Waals surface area contributed by atoms with Crippen LogP contribution in [-0.2, 0) is 11.2 Å². The van der Waals surface area contributed by atoms with E-state index >= 15 is 0 Å². The number of para-hydroxylation sites is 1. The second kappa shape index (κ2) is 4.44. The molecular weight excluding hydrogens is 226 g/mol. The second-order valence-corrected chi connectivity index (χ2v) is 4.92. The van der Waals surface area contributed by atoms with Gasteiger partial charge in [0.2, 0.25) is 0 Å². The van der Waals surface area contributed by atoms with Gasteiger partial charge >= 0.3 is 0 Å². The first-order chi connectivity index (χ1) is 8.75. The van der Waals surface area contributed by atoms with E-state index in [2.05, 4.69) is 16.4 Å². The number of carbonyl (C=O) groups is 1. The van der Waals surface area contributed by atoms with E-state index in [1.807, 2.05) is 30.0 Å². The highest BCUT2D eigenvalue weighted by atomic mass is 16.2. The molecule has 0 bridgehead atoms. The molecule has 2 aliphatic rings. The normalized spacial score (nSPS) is 22.2. The number of aliphatic imine (C=N–C) groups is 1. The first-order valence-corrected chi connectivity index (χ1v) is 6.46. The number of nitrogens with zero attached hydrogens (tertiary/aromatic N) is 2. The summed E-state index contributed by atoms with van der Waals surface area (Å²) in [7, 11) is 0. The molecule has 0 saturated heterocycles. The van der Waals surface area contributed by atoms with Crippen molar-refractivity contribution in [3.63, 3.8) is 0 Å². The molecule has 1 amide bonds. The standard InChI is InChI=1S/C14H17N3O/c1-10-9-15-13(16-10)14(18)17-8-4-6-11-5-2-3-7-12(11)17/h2-3,5,7,10H,4,6,8-9H2,1H3,(H,15,16). The molecule has 94 valence electrons. The van der Waals surface area contributed by atoms with Gasteiger partial charge in [-0.3, -0.25) is 9.79 Å². The predicted molar refractivity (Wildman–Crippen MR) is 72.0 cm³/mol. The Kier molecular flexibility index (Phi) is 2.78. The molecular formula is C14H17N3O. The molecule has 1 atom stereocenters. The third kappa shape index (κ3) is 1.88. The van der Waals surface area contributed by atoms with E-state index in [0.29, 0.717) is 12.4 Å². The molecule has 0 fully saturated rings. The topological polar surface area (TPSA) is 44.7 Å². The molecule has 1 aromatic carbocycles. The molecule has 4 heteroatoms. The maximum atomic E-state index is 12.4. The third-order valence-electron chi connectivity index (χ3n) is 3.46. The first kappa shape index (κ1) is 11.3. The minimum absolute atomic E-state index is 0.00602. The predicted octanol–water partition coefficient (Wildman–Crippen LogP) is 1.36. The summed E-state index contributed by atoms with van der Waals surface area (Å²) >= 11 is 0. The van der Waals surface area contributed by atoms with Crippen LogP contribution in [0, 0.1) is 0 Å². The molecule has 1 unspecified atom stereocenters. The number of benzene rings is 1. The Bertz CT molecular complexity index is 510. The average molecular weight is 243 g/mol. The Morgan fingerprint density at radius 1 is 1.44 bits per heavy atom. The van der Waals surface area contributed by atoms with Crippen molar-refractivity contribution >= 4 is 17.4 Å². The lowest BCUT2D eigenvalue weighted by Gasteiger charge is -2.29. The lowest BCUT2D eigenvalue weighted by atomic mass is 10.0. The van der Waals surface area contributed by atoms with Crippen molar-refractivity contribution in [2.24, 2.45) is 4.99 Å². The molecule has 1 aromatic rings. The molecule has 0 spiro atoms. The van der Waals surface area contributed by atoms with Crippen molar-refractivity contribution in [2.75, 3.05) is 18.0 Å². The minimum atomic E-state index is 0.00602. The summed E-state index contributed by atoms with van der Waals surface area (Å²) in [5.74, 6) is 0.519. The van der Waals surface area contributed by atoms with Gasteiger partial charge in [-0.1, -0.05) is 18.2 Å². The van der Waals surface area contributed by atoms with Gasteiger partial charge in [-0.25, -0.2) is 0 Å². The Balaban J connectivity index is 1.88. The van der Waals surface area contributed by atoms with Gasteiger partial charge < -0.3 is 10.2 Å². The highest BCUT2D eigenvalue weighted by molar-refractivity contribution is 6.43. The monoisotopic (exact) mass is 243 g/mol. The zero-order chi connectivity index (χ0) is 12.5. The van der Waals surface area contributed by atoms with Crippen molar-refractivity contribution in [3.05, 3.63) is 29.8 Å². The molecule has 1 N–H and O–H groups in total. The van der Waals surface area contributed by atoms with E-state index in [-0.39, 0.29) is 11.9 Å². The van der Waals surface area contributed by atoms with Gasteiger partial charge in [0.1, 0.15) is 0 Å². The van der Waals surface area contributed by atoms with Crippen LogP contribution >= 0.6 is 0 Å². The van der Waals surface area contributed by atoms with E-state index in [0.717, 1.165) is 25.1 Å². The van der Waals surface area contributed by atoms with Crippen LogP contribution in [0.25, 0.3) is 0 Å². The molecule has 0 radical (unpaired) electrons. The molecule has 2 aliphatic heterocycles. The van der Waals surface area contributed by atoms with Crippen LogP contribution in [-0.4, -0.2) is 30.9 Å². The van der Waals surface area contributed by atoms with Crippen LogP contribution in [0.2, 0.25) is 0 Å². The zero-order valence-corrected chi connectivity index (χ0v) is 10.5. The van der Waals surface area contributed by atoms with E-state index in [9.17, 15) is 4.79 Å². The van der Waals surface area contributed by atoms with E-state index in [1.54, 1.807) is 0 Å². The number of rotatable bonds is 1. The molecule has 0 aromatic heterocycles. The van der Waals surface area contributed by atoms with Gasteiger partial charge in [-0.05, 0) is 31.4 Å². The van der Waals surface area contributed by atoms with Gasteiger partial charge in [-0.2, -0.15) is 0 Å². The van der Waals surface area contributed by atoms with Crippen LogP contribution in [0.4, 0.5) is 5.69 Å². The van der Waals surface area contributed by atoms with Gasteiger partial charge in [0, 0.05) is 18.3 Å². The summed E-state index contributed by atoms with van der Waals surface area (Å²) in [5.41, 5.74) is 2.29. The highest BCUT2D eigenvalue weighted by Gasteiger charge is 2.28. The number of hydrogen-bond donors (Lipinski definition) is 1. The number of carbonyl (C=O) groups excluding carboxylic acids is 1. The summed E-state index contributed by atoms with van der Waals surface area (Å²) in [6, 6.07) is 8.40. The van der Waals surface area contributed by atoms with Gasteiger partial charge in [0.15, 0.2) is 5.84 Å². The summed E-state index contributed by atoms with van der Waals surface area (Å²) in [6.07, 6.45) is 2.07. The van der Waals surface area contributed by atoms with Crippen molar-refractivity contribution in [1.82, 2.24) is 5.32 Å². The lowest BCUT2D eigenvalue weighted by Crippen LogP contribution is -2.45. The zero-order valence-electron chi connectivity index (χ0n) is 10.5. The van der Waals surface area contributed by atoms with Crippen LogP contribution in [0.1, 0.15) is 18.9 Å². The van der Waals surface area contributed by atoms with E-state index < -0.39 is 0 Å². The summed E-state index contributed by atoms with van der Waals surface area (Å²) in [5, 5.41) is 3.14. The fraction of sp³-hybridized carbons (Fsp3) is 0.429. The first-order valence-electron chi connectivity index (χ1n) is 6.46. The summed E-state index contributed by atoms with van der Waals surface area (Å²) in [6.45, 7) is 3.51. The van der Waals surface area contributed by atoms with Crippen molar-refractivity contribution in [1.29, 1.82) is 0 Å². The molecule has 4 nitrogen and oxygen atoms in total. The number of hydrogen-bond acceptors (Lipinski definition) is 3. The van der Waals surface area contributed by atoms with Crippen LogP contribution in [0.5, 0.6) is 0 Å². The number of anilines is 1. The largest absolute Gasteiger partial charge is 0.361 e.